The summed E-state index contributed by atoms with van der Waals surface area (Å²) in [4.78, 5) is 28.2. The first-order valence-corrected chi connectivity index (χ1v) is 7.75. The Morgan fingerprint density at radius 2 is 2.05 bits per heavy atom. The fourth-order valence-electron chi connectivity index (χ4n) is 3.07. The predicted octanol–water partition coefficient (Wildman–Crippen LogP) is -0.330. The molecule has 0 saturated carbocycles. The number of carbonyl (C=O) groups is 2. The SMILES string of the molecule is Cn1cc(CC2CC(=O)N(CCN3CCOCC3)C2=O)cn1. The minimum Gasteiger partial charge on any atom is -0.379 e. The van der Waals surface area contributed by atoms with Crippen LogP contribution in [0.1, 0.15) is 12.0 Å². The summed E-state index contributed by atoms with van der Waals surface area (Å²) >= 11 is 0. The summed E-state index contributed by atoms with van der Waals surface area (Å²) in [6, 6.07) is 0. The average molecular weight is 306 g/mol. The number of ether oxygens (including phenoxy) is 1. The first-order chi connectivity index (χ1) is 10.6. The third kappa shape index (κ3) is 3.36. The van der Waals surface area contributed by atoms with Crippen molar-refractivity contribution < 1.29 is 14.3 Å². The van der Waals surface area contributed by atoms with Crippen LogP contribution >= 0.6 is 0 Å². The van der Waals surface area contributed by atoms with Gasteiger partial charge in [-0.15, -0.1) is 0 Å². The molecular formula is C15H22N4O3. The van der Waals surface area contributed by atoms with Crippen molar-refractivity contribution in [1.29, 1.82) is 0 Å². The van der Waals surface area contributed by atoms with Gasteiger partial charge in [-0.2, -0.15) is 5.10 Å². The van der Waals surface area contributed by atoms with Crippen molar-refractivity contribution in [2.75, 3.05) is 39.4 Å². The van der Waals surface area contributed by atoms with Gasteiger partial charge in [-0.25, -0.2) is 0 Å². The van der Waals surface area contributed by atoms with Gasteiger partial charge in [-0.05, 0) is 12.0 Å². The Bertz CT molecular complexity index is 551. The second kappa shape index (κ2) is 6.58. The zero-order valence-electron chi connectivity index (χ0n) is 12.9. The third-order valence-electron chi connectivity index (χ3n) is 4.32. The van der Waals surface area contributed by atoms with E-state index >= 15 is 0 Å². The molecule has 2 aliphatic rings. The van der Waals surface area contributed by atoms with Crippen molar-refractivity contribution in [2.45, 2.75) is 12.8 Å². The average Bonchev–Trinajstić information content (AvgIpc) is 3.03. The lowest BCUT2D eigenvalue weighted by molar-refractivity contribution is -0.139. The molecule has 1 aromatic heterocycles. The lowest BCUT2D eigenvalue weighted by atomic mass is 10.0. The maximum Gasteiger partial charge on any atom is 0.233 e. The molecule has 1 aromatic rings. The number of aryl methyl sites for hydroxylation is 1. The molecular weight excluding hydrogens is 284 g/mol. The summed E-state index contributed by atoms with van der Waals surface area (Å²) in [6.07, 6.45) is 4.56. The molecule has 0 aliphatic carbocycles. The van der Waals surface area contributed by atoms with Gasteiger partial charge in [0, 0.05) is 45.8 Å². The van der Waals surface area contributed by atoms with Gasteiger partial charge in [-0.1, -0.05) is 0 Å². The van der Waals surface area contributed by atoms with E-state index in [1.165, 1.54) is 4.90 Å². The van der Waals surface area contributed by atoms with Crippen LogP contribution < -0.4 is 0 Å². The Hall–Kier alpha value is -1.73. The number of hydrogen-bond acceptors (Lipinski definition) is 5. The van der Waals surface area contributed by atoms with Crippen molar-refractivity contribution in [1.82, 2.24) is 19.6 Å². The largest absolute Gasteiger partial charge is 0.379 e. The minimum atomic E-state index is -0.235. The summed E-state index contributed by atoms with van der Waals surface area (Å²) in [7, 11) is 1.85. The highest BCUT2D eigenvalue weighted by molar-refractivity contribution is 6.03. The van der Waals surface area contributed by atoms with Gasteiger partial charge in [0.2, 0.25) is 11.8 Å². The van der Waals surface area contributed by atoms with Crippen molar-refractivity contribution in [3.05, 3.63) is 18.0 Å². The molecule has 1 unspecified atom stereocenters. The van der Waals surface area contributed by atoms with Crippen molar-refractivity contribution >= 4 is 11.8 Å². The maximum absolute atomic E-state index is 12.4. The van der Waals surface area contributed by atoms with E-state index in [4.69, 9.17) is 4.74 Å². The Morgan fingerprint density at radius 1 is 1.27 bits per heavy atom. The Morgan fingerprint density at radius 3 is 2.73 bits per heavy atom. The number of carbonyl (C=O) groups excluding carboxylic acids is 2. The molecule has 22 heavy (non-hydrogen) atoms. The van der Waals surface area contributed by atoms with Crippen LogP contribution in [0.2, 0.25) is 0 Å². The maximum atomic E-state index is 12.4. The molecule has 1 atom stereocenters. The number of aromatic nitrogens is 2. The summed E-state index contributed by atoms with van der Waals surface area (Å²) in [5.74, 6) is -0.323. The molecule has 0 bridgehead atoms. The van der Waals surface area contributed by atoms with Crippen LogP contribution in [-0.2, 0) is 27.8 Å². The molecule has 3 rings (SSSR count). The minimum absolute atomic E-state index is 0.0397. The van der Waals surface area contributed by atoms with E-state index in [0.29, 0.717) is 19.4 Å². The third-order valence-corrected chi connectivity index (χ3v) is 4.32. The first-order valence-electron chi connectivity index (χ1n) is 7.75. The molecule has 120 valence electrons. The highest BCUT2D eigenvalue weighted by atomic mass is 16.5. The van der Waals surface area contributed by atoms with Crippen LogP contribution in [0.25, 0.3) is 0 Å². The van der Waals surface area contributed by atoms with Crippen LogP contribution in [0.4, 0.5) is 0 Å². The van der Waals surface area contributed by atoms with Crippen LogP contribution in [0.5, 0.6) is 0 Å². The number of imide groups is 1. The number of rotatable bonds is 5. The number of hydrogen-bond donors (Lipinski definition) is 0. The molecule has 0 aromatic carbocycles. The monoisotopic (exact) mass is 306 g/mol. The first kappa shape index (κ1) is 15.2. The van der Waals surface area contributed by atoms with E-state index in [1.807, 2.05) is 13.2 Å². The van der Waals surface area contributed by atoms with Gasteiger partial charge in [-0.3, -0.25) is 24.1 Å². The van der Waals surface area contributed by atoms with Gasteiger partial charge in [0.1, 0.15) is 0 Å². The van der Waals surface area contributed by atoms with Gasteiger partial charge < -0.3 is 4.74 Å². The number of likely N-dealkylation sites (tertiary alicyclic amines) is 1. The lowest BCUT2D eigenvalue weighted by Gasteiger charge is -2.28. The topological polar surface area (TPSA) is 67.7 Å². The van der Waals surface area contributed by atoms with E-state index in [-0.39, 0.29) is 17.7 Å². The molecule has 2 saturated heterocycles. The van der Waals surface area contributed by atoms with E-state index in [1.54, 1.807) is 10.9 Å². The van der Waals surface area contributed by atoms with Crippen molar-refractivity contribution in [3.63, 3.8) is 0 Å². The molecule has 3 heterocycles. The van der Waals surface area contributed by atoms with Crippen molar-refractivity contribution in [2.24, 2.45) is 13.0 Å². The van der Waals surface area contributed by atoms with E-state index in [2.05, 4.69) is 10.00 Å². The summed E-state index contributed by atoms with van der Waals surface area (Å²) in [5.41, 5.74) is 1.00. The zero-order valence-corrected chi connectivity index (χ0v) is 12.9. The van der Waals surface area contributed by atoms with Gasteiger partial charge in [0.15, 0.2) is 0 Å². The standard InChI is InChI=1S/C15H22N4O3/c1-17-11-12(10-16-17)8-13-9-14(20)19(15(13)21)3-2-18-4-6-22-7-5-18/h10-11,13H,2-9H2,1H3. The molecule has 0 N–H and O–H groups in total. The van der Waals surface area contributed by atoms with Crippen LogP contribution in [0.15, 0.2) is 12.4 Å². The lowest BCUT2D eigenvalue weighted by Crippen LogP contribution is -2.43. The number of morpholine rings is 1. The molecule has 2 fully saturated rings. The number of amides is 2. The summed E-state index contributed by atoms with van der Waals surface area (Å²) in [6.45, 7) is 4.42. The van der Waals surface area contributed by atoms with E-state index in [0.717, 1.165) is 38.4 Å². The van der Waals surface area contributed by atoms with Gasteiger partial charge in [0.25, 0.3) is 0 Å². The summed E-state index contributed by atoms with van der Waals surface area (Å²) in [5, 5.41) is 4.11. The van der Waals surface area contributed by atoms with Gasteiger partial charge in [0.05, 0.1) is 25.3 Å². The quantitative estimate of drug-likeness (QED) is 0.697. The van der Waals surface area contributed by atoms with Crippen molar-refractivity contribution in [3.8, 4) is 0 Å². The normalized spacial score (nSPS) is 23.5. The molecule has 7 heteroatoms. The van der Waals surface area contributed by atoms with Crippen LogP contribution in [-0.4, -0.2) is 70.8 Å². The highest BCUT2D eigenvalue weighted by Crippen LogP contribution is 2.23. The van der Waals surface area contributed by atoms with E-state index in [9.17, 15) is 9.59 Å². The second-order valence-corrected chi connectivity index (χ2v) is 5.97. The fourth-order valence-corrected chi connectivity index (χ4v) is 3.07. The molecule has 0 spiro atoms. The smallest absolute Gasteiger partial charge is 0.233 e. The molecule has 0 radical (unpaired) electrons. The molecule has 7 nitrogen and oxygen atoms in total. The summed E-state index contributed by atoms with van der Waals surface area (Å²) < 4.78 is 7.02. The fraction of sp³-hybridized carbons (Fsp3) is 0.667. The van der Waals surface area contributed by atoms with E-state index < -0.39 is 0 Å². The zero-order chi connectivity index (χ0) is 15.5. The number of nitrogens with zero attached hydrogens (tertiary/aromatic N) is 4. The highest BCUT2D eigenvalue weighted by Gasteiger charge is 2.38. The molecule has 2 amide bonds. The Labute approximate surface area is 129 Å². The Balaban J connectivity index is 1.54. The second-order valence-electron chi connectivity index (χ2n) is 5.97. The van der Waals surface area contributed by atoms with Crippen LogP contribution in [0, 0.1) is 5.92 Å². The van der Waals surface area contributed by atoms with Gasteiger partial charge >= 0.3 is 0 Å². The van der Waals surface area contributed by atoms with Crippen LogP contribution in [0.3, 0.4) is 0 Å². The Kier molecular flexibility index (Phi) is 4.54. The predicted molar refractivity (Wildman–Crippen MR) is 79.0 cm³/mol. The molecule has 2 aliphatic heterocycles.